The van der Waals surface area contributed by atoms with Crippen molar-refractivity contribution in [1.82, 2.24) is 0 Å². The Balaban J connectivity index is 1.42. The highest BCUT2D eigenvalue weighted by atomic mass is 15.1. The molecule has 0 aliphatic carbocycles. The third kappa shape index (κ3) is 8.49. The maximum Gasteiger partial charge on any atom is 0.103 e. The van der Waals surface area contributed by atoms with Crippen molar-refractivity contribution in [3.8, 4) is 0 Å². The van der Waals surface area contributed by atoms with E-state index in [1.54, 1.807) is 20.9 Å². The van der Waals surface area contributed by atoms with Gasteiger partial charge in [0.25, 0.3) is 0 Å². The molecule has 0 amide bonds. The van der Waals surface area contributed by atoms with Gasteiger partial charge >= 0.3 is 0 Å². The van der Waals surface area contributed by atoms with Crippen LogP contribution in [0, 0.1) is 0 Å². The Kier molecular flexibility index (Phi) is 10.2. The summed E-state index contributed by atoms with van der Waals surface area (Å²) >= 11 is 0. The maximum absolute atomic E-state index is 2.53. The first kappa shape index (κ1) is 21.6. The molecule has 4 bridgehead atoms. The Hall–Kier alpha value is -1.12. The molecule has 0 saturated carbocycles. The molecule has 2 unspecified atom stereocenters. The monoisotopic (exact) mass is 384 g/mol. The van der Waals surface area contributed by atoms with E-state index in [0.717, 1.165) is 0 Å². The molecule has 0 aromatic rings. The second kappa shape index (κ2) is 13.2. The van der Waals surface area contributed by atoms with Crippen molar-refractivity contribution in [2.75, 3.05) is 26.2 Å². The lowest BCUT2D eigenvalue weighted by atomic mass is 10.0. The second-order valence-electron chi connectivity index (χ2n) is 9.25. The zero-order valence-corrected chi connectivity index (χ0v) is 18.2. The van der Waals surface area contributed by atoms with E-state index in [1.807, 2.05) is 0 Å². The van der Waals surface area contributed by atoms with Crippen molar-refractivity contribution >= 4 is 0 Å². The van der Waals surface area contributed by atoms with Crippen LogP contribution in [0.1, 0.15) is 89.9 Å². The summed E-state index contributed by atoms with van der Waals surface area (Å²) in [6.07, 6.45) is 33.9. The van der Waals surface area contributed by atoms with Gasteiger partial charge in [-0.3, -0.25) is 0 Å². The first-order valence-electron chi connectivity index (χ1n) is 12.3. The molecule has 0 radical (unpaired) electrons. The predicted octanol–water partition coefficient (Wildman–Crippen LogP) is 4.14. The number of hydrogen-bond acceptors (Lipinski definition) is 0. The van der Waals surface area contributed by atoms with Gasteiger partial charge in [0, 0.05) is 5.57 Å². The fourth-order valence-corrected chi connectivity index (χ4v) is 4.93. The van der Waals surface area contributed by atoms with E-state index in [-0.39, 0.29) is 0 Å². The van der Waals surface area contributed by atoms with Gasteiger partial charge in [-0.05, 0) is 69.1 Å². The van der Waals surface area contributed by atoms with Crippen LogP contribution in [0.2, 0.25) is 0 Å². The molecule has 3 rings (SSSR count). The van der Waals surface area contributed by atoms with Gasteiger partial charge in [0.15, 0.2) is 0 Å². The molecule has 0 fully saturated rings. The van der Waals surface area contributed by atoms with Crippen molar-refractivity contribution in [1.29, 1.82) is 0 Å². The van der Waals surface area contributed by atoms with Crippen molar-refractivity contribution in [2.24, 2.45) is 0 Å². The fraction of sp³-hybridized carbons (Fsp3) is 0.692. The molecule has 2 N–H and O–H groups in total. The third-order valence-electron chi connectivity index (χ3n) is 6.68. The van der Waals surface area contributed by atoms with Crippen LogP contribution in [-0.4, -0.2) is 26.2 Å². The van der Waals surface area contributed by atoms with Gasteiger partial charge in [0.05, 0.1) is 25.5 Å². The van der Waals surface area contributed by atoms with Crippen LogP contribution in [0.4, 0.5) is 0 Å². The molecule has 156 valence electrons. The molecule has 28 heavy (non-hydrogen) atoms. The van der Waals surface area contributed by atoms with Crippen LogP contribution < -0.4 is 9.80 Å². The topological polar surface area (TPSA) is 8.88 Å². The highest BCUT2D eigenvalue weighted by Gasteiger charge is 2.12. The van der Waals surface area contributed by atoms with Crippen LogP contribution in [0.15, 0.2) is 47.9 Å². The standard InChI is InChI=1S/C26H42N2/c1-3-7-11-19-27-21-14-18-26(24-27)16-10-6-2-4-8-12-20-28-22-13-17-25(23-28)15-9-5-1/h13-14,17-18,21,23H,1-12,15-16,19-20,22,24H2/p+2. The van der Waals surface area contributed by atoms with Gasteiger partial charge in [0.2, 0.25) is 0 Å². The van der Waals surface area contributed by atoms with E-state index in [4.69, 9.17) is 0 Å². The van der Waals surface area contributed by atoms with Crippen LogP contribution in [0.5, 0.6) is 0 Å². The van der Waals surface area contributed by atoms with E-state index in [9.17, 15) is 0 Å². The molecule has 2 atom stereocenters. The Morgan fingerprint density at radius 2 is 1.29 bits per heavy atom. The summed E-state index contributed by atoms with van der Waals surface area (Å²) in [7, 11) is 0. The quantitative estimate of drug-likeness (QED) is 0.621. The Bertz CT molecular complexity index is 555. The summed E-state index contributed by atoms with van der Waals surface area (Å²) in [6.45, 7) is 5.11. The van der Waals surface area contributed by atoms with E-state index < -0.39 is 0 Å². The average Bonchev–Trinajstić information content (AvgIpc) is 2.72. The lowest BCUT2D eigenvalue weighted by Crippen LogP contribution is -3.08. The molecule has 0 spiro atoms. The summed E-state index contributed by atoms with van der Waals surface area (Å²) in [5.74, 6) is 0. The highest BCUT2D eigenvalue weighted by molar-refractivity contribution is 5.18. The summed E-state index contributed by atoms with van der Waals surface area (Å²) in [5, 5.41) is 0. The van der Waals surface area contributed by atoms with Crippen LogP contribution in [0.25, 0.3) is 0 Å². The molecule has 2 heteroatoms. The van der Waals surface area contributed by atoms with E-state index in [0.29, 0.717) is 0 Å². The number of quaternary nitrogens is 2. The number of fused-ring (bicyclic) bond motifs is 3. The van der Waals surface area contributed by atoms with Gasteiger partial charge in [-0.1, -0.05) is 50.7 Å². The predicted molar refractivity (Wildman–Crippen MR) is 120 cm³/mol. The van der Waals surface area contributed by atoms with Gasteiger partial charge in [-0.25, -0.2) is 0 Å². The average molecular weight is 385 g/mol. The van der Waals surface area contributed by atoms with Crippen LogP contribution >= 0.6 is 0 Å². The number of nitrogens with one attached hydrogen (secondary N) is 2. The molecule has 3 heterocycles. The lowest BCUT2D eigenvalue weighted by Gasteiger charge is -2.20. The molecule has 0 aromatic carbocycles. The van der Waals surface area contributed by atoms with Gasteiger partial charge < -0.3 is 9.80 Å². The first-order chi connectivity index (χ1) is 13.9. The van der Waals surface area contributed by atoms with Crippen LogP contribution in [-0.2, 0) is 0 Å². The number of rotatable bonds is 0. The molecule has 3 aliphatic rings. The van der Waals surface area contributed by atoms with Crippen molar-refractivity contribution < 1.29 is 9.80 Å². The van der Waals surface area contributed by atoms with Crippen LogP contribution in [0.3, 0.4) is 0 Å². The van der Waals surface area contributed by atoms with Gasteiger partial charge in [-0.2, -0.15) is 0 Å². The SMILES string of the molecule is C1=C[NH+]2CCCCCCCCC3=C[NH+](CC=C3)CCCCCCCCC(=C1)C2. The highest BCUT2D eigenvalue weighted by Crippen LogP contribution is 2.14. The van der Waals surface area contributed by atoms with Crippen molar-refractivity contribution in [3.63, 3.8) is 0 Å². The molecular weight excluding hydrogens is 340 g/mol. The molecule has 0 saturated heterocycles. The van der Waals surface area contributed by atoms with E-state index in [1.165, 1.54) is 116 Å². The Labute approximate surface area is 174 Å². The minimum atomic E-state index is 1.20. The second-order valence-corrected chi connectivity index (χ2v) is 9.25. The normalized spacial score (nSPS) is 29.1. The zero-order chi connectivity index (χ0) is 19.3. The summed E-state index contributed by atoms with van der Waals surface area (Å²) < 4.78 is 0. The molecule has 2 nitrogen and oxygen atoms in total. The van der Waals surface area contributed by atoms with Gasteiger partial charge in [-0.15, -0.1) is 0 Å². The largest absolute Gasteiger partial charge is 0.305 e. The van der Waals surface area contributed by atoms with Crippen molar-refractivity contribution in [3.05, 3.63) is 47.9 Å². The molecule has 3 aliphatic heterocycles. The van der Waals surface area contributed by atoms with E-state index in [2.05, 4.69) is 36.7 Å². The lowest BCUT2D eigenvalue weighted by molar-refractivity contribution is -0.842. The summed E-state index contributed by atoms with van der Waals surface area (Å²) in [5.41, 5.74) is 3.27. The Morgan fingerprint density at radius 1 is 0.643 bits per heavy atom. The zero-order valence-electron chi connectivity index (χ0n) is 18.2. The van der Waals surface area contributed by atoms with Gasteiger partial charge in [0.1, 0.15) is 13.1 Å². The maximum atomic E-state index is 2.53. The van der Waals surface area contributed by atoms with E-state index >= 15 is 0 Å². The fourth-order valence-electron chi connectivity index (χ4n) is 4.93. The first-order valence-corrected chi connectivity index (χ1v) is 12.3. The number of hydrogen-bond donors (Lipinski definition) is 2. The third-order valence-corrected chi connectivity index (χ3v) is 6.68. The summed E-state index contributed by atoms with van der Waals surface area (Å²) in [6, 6.07) is 0. The smallest absolute Gasteiger partial charge is 0.103 e. The number of allylic oxidation sites excluding steroid dienone is 4. The molecule has 0 aromatic heterocycles. The van der Waals surface area contributed by atoms with Crippen molar-refractivity contribution in [2.45, 2.75) is 89.9 Å². The Morgan fingerprint density at radius 3 is 2.07 bits per heavy atom. The minimum absolute atomic E-state index is 1.20. The summed E-state index contributed by atoms with van der Waals surface area (Å²) in [4.78, 5) is 3.37. The molecular formula is C26H44N2+2. The minimum Gasteiger partial charge on any atom is -0.305 e.